The Bertz CT molecular complexity index is 756. The summed E-state index contributed by atoms with van der Waals surface area (Å²) in [7, 11) is 0. The quantitative estimate of drug-likeness (QED) is 0.795. The molecule has 1 amide bonds. The predicted molar refractivity (Wildman–Crippen MR) is 98.4 cm³/mol. The van der Waals surface area contributed by atoms with Crippen molar-refractivity contribution in [3.63, 3.8) is 0 Å². The molecule has 0 unspecified atom stereocenters. The Morgan fingerprint density at radius 2 is 1.93 bits per heavy atom. The molecule has 1 saturated heterocycles. The fourth-order valence-electron chi connectivity index (χ4n) is 2.96. The number of benzene rings is 1. The zero-order chi connectivity index (χ0) is 19.2. The van der Waals surface area contributed by atoms with Crippen LogP contribution in [0.1, 0.15) is 37.0 Å². The maximum absolute atomic E-state index is 13.6. The van der Waals surface area contributed by atoms with Gasteiger partial charge < -0.3 is 9.84 Å². The lowest BCUT2D eigenvalue weighted by Gasteiger charge is -2.33. The third-order valence-electron chi connectivity index (χ3n) is 4.63. The van der Waals surface area contributed by atoms with Gasteiger partial charge in [-0.1, -0.05) is 37.2 Å². The molecule has 1 aromatic carbocycles. The van der Waals surface area contributed by atoms with E-state index in [2.05, 4.69) is 25.3 Å². The van der Waals surface area contributed by atoms with E-state index in [0.29, 0.717) is 24.5 Å². The lowest BCUT2D eigenvalue weighted by Crippen LogP contribution is -2.49. The maximum Gasteiger partial charge on any atom is 0.240 e. The van der Waals surface area contributed by atoms with Crippen molar-refractivity contribution in [3.8, 4) is 0 Å². The molecule has 1 N–H and O–H groups in total. The minimum absolute atomic E-state index is 0.0924. The summed E-state index contributed by atoms with van der Waals surface area (Å²) in [5, 5.41) is 6.77. The van der Waals surface area contributed by atoms with Gasteiger partial charge in [0, 0.05) is 44.2 Å². The SMILES string of the molecule is CC(C)c1noc(CN2CCN(CC(=O)NCc3ccccc3F)CC2)n1. The Kier molecular flexibility index (Phi) is 6.52. The van der Waals surface area contributed by atoms with Gasteiger partial charge in [-0.25, -0.2) is 4.39 Å². The summed E-state index contributed by atoms with van der Waals surface area (Å²) in [5.41, 5.74) is 0.496. The molecule has 7 nitrogen and oxygen atoms in total. The second kappa shape index (κ2) is 9.05. The van der Waals surface area contributed by atoms with E-state index < -0.39 is 0 Å². The molecule has 1 aromatic heterocycles. The molecule has 2 heterocycles. The van der Waals surface area contributed by atoms with Gasteiger partial charge in [0.25, 0.3) is 0 Å². The van der Waals surface area contributed by atoms with Crippen LogP contribution in [0, 0.1) is 5.82 Å². The summed E-state index contributed by atoms with van der Waals surface area (Å²) in [6.07, 6.45) is 0. The Balaban J connectivity index is 1.38. The number of rotatable bonds is 7. The van der Waals surface area contributed by atoms with Gasteiger partial charge in [0.05, 0.1) is 13.1 Å². The molecule has 0 aliphatic carbocycles. The maximum atomic E-state index is 13.6. The van der Waals surface area contributed by atoms with Crippen LogP contribution in [0.25, 0.3) is 0 Å². The number of carbonyl (C=O) groups is 1. The van der Waals surface area contributed by atoms with Gasteiger partial charge in [-0.3, -0.25) is 14.6 Å². The zero-order valence-electron chi connectivity index (χ0n) is 15.8. The van der Waals surface area contributed by atoms with Crippen molar-refractivity contribution < 1.29 is 13.7 Å². The molecule has 2 aromatic rings. The molecule has 146 valence electrons. The largest absolute Gasteiger partial charge is 0.351 e. The third-order valence-corrected chi connectivity index (χ3v) is 4.63. The van der Waals surface area contributed by atoms with Gasteiger partial charge >= 0.3 is 0 Å². The molecular formula is C19H26FN5O2. The second-order valence-corrected chi connectivity index (χ2v) is 7.12. The Labute approximate surface area is 158 Å². The number of piperazine rings is 1. The third kappa shape index (κ3) is 5.58. The average Bonchev–Trinajstić information content (AvgIpc) is 3.12. The van der Waals surface area contributed by atoms with Gasteiger partial charge in [-0.15, -0.1) is 0 Å². The fourth-order valence-corrected chi connectivity index (χ4v) is 2.96. The molecule has 0 saturated carbocycles. The Morgan fingerprint density at radius 1 is 1.22 bits per heavy atom. The van der Waals surface area contributed by atoms with Crippen LogP contribution in [-0.2, 0) is 17.9 Å². The normalized spacial score (nSPS) is 16.0. The number of aromatic nitrogens is 2. The minimum Gasteiger partial charge on any atom is -0.351 e. The zero-order valence-corrected chi connectivity index (χ0v) is 15.8. The molecule has 0 radical (unpaired) electrons. The first-order valence-corrected chi connectivity index (χ1v) is 9.28. The summed E-state index contributed by atoms with van der Waals surface area (Å²) in [4.78, 5) is 20.9. The Morgan fingerprint density at radius 3 is 2.59 bits per heavy atom. The van der Waals surface area contributed by atoms with Crippen molar-refractivity contribution >= 4 is 5.91 Å². The van der Waals surface area contributed by atoms with E-state index in [1.807, 2.05) is 13.8 Å². The van der Waals surface area contributed by atoms with Crippen LogP contribution in [0.2, 0.25) is 0 Å². The van der Waals surface area contributed by atoms with E-state index >= 15 is 0 Å². The summed E-state index contributed by atoms with van der Waals surface area (Å²) in [5.74, 6) is 1.23. The molecular weight excluding hydrogens is 349 g/mol. The highest BCUT2D eigenvalue weighted by Gasteiger charge is 2.21. The minimum atomic E-state index is -0.298. The van der Waals surface area contributed by atoms with E-state index in [1.54, 1.807) is 18.2 Å². The number of hydrogen-bond acceptors (Lipinski definition) is 6. The average molecular weight is 375 g/mol. The van der Waals surface area contributed by atoms with Crippen LogP contribution in [0.3, 0.4) is 0 Å². The fraction of sp³-hybridized carbons (Fsp3) is 0.526. The van der Waals surface area contributed by atoms with Crippen LogP contribution in [-0.4, -0.2) is 58.6 Å². The molecule has 1 aliphatic rings. The van der Waals surface area contributed by atoms with E-state index in [0.717, 1.165) is 32.0 Å². The van der Waals surface area contributed by atoms with Crippen molar-refractivity contribution in [2.45, 2.75) is 32.9 Å². The highest BCUT2D eigenvalue weighted by atomic mass is 19.1. The van der Waals surface area contributed by atoms with Crippen molar-refractivity contribution in [2.24, 2.45) is 0 Å². The number of halogens is 1. The topological polar surface area (TPSA) is 74.5 Å². The first-order valence-electron chi connectivity index (χ1n) is 9.28. The van der Waals surface area contributed by atoms with Gasteiger partial charge in [-0.2, -0.15) is 4.98 Å². The monoisotopic (exact) mass is 375 g/mol. The number of carbonyl (C=O) groups excluding carboxylic acids is 1. The number of nitrogens with one attached hydrogen (secondary N) is 1. The second-order valence-electron chi connectivity index (χ2n) is 7.12. The van der Waals surface area contributed by atoms with Crippen LogP contribution in [0.5, 0.6) is 0 Å². The Hall–Kier alpha value is -2.32. The van der Waals surface area contributed by atoms with Crippen LogP contribution < -0.4 is 5.32 Å². The molecule has 8 heteroatoms. The van der Waals surface area contributed by atoms with E-state index in [-0.39, 0.29) is 24.2 Å². The first kappa shape index (κ1) is 19.4. The van der Waals surface area contributed by atoms with Crippen molar-refractivity contribution in [1.82, 2.24) is 25.3 Å². The molecule has 3 rings (SSSR count). The van der Waals surface area contributed by atoms with Gasteiger partial charge in [0.1, 0.15) is 5.82 Å². The number of nitrogens with zero attached hydrogens (tertiary/aromatic N) is 4. The van der Waals surface area contributed by atoms with Crippen LogP contribution in [0.4, 0.5) is 4.39 Å². The van der Waals surface area contributed by atoms with E-state index in [4.69, 9.17) is 4.52 Å². The van der Waals surface area contributed by atoms with E-state index in [9.17, 15) is 9.18 Å². The molecule has 1 fully saturated rings. The first-order chi connectivity index (χ1) is 13.0. The smallest absolute Gasteiger partial charge is 0.240 e. The summed E-state index contributed by atoms with van der Waals surface area (Å²) in [6, 6.07) is 6.47. The van der Waals surface area contributed by atoms with Crippen molar-refractivity contribution in [2.75, 3.05) is 32.7 Å². The van der Waals surface area contributed by atoms with Gasteiger partial charge in [-0.05, 0) is 6.07 Å². The van der Waals surface area contributed by atoms with Crippen molar-refractivity contribution in [3.05, 3.63) is 47.4 Å². The predicted octanol–water partition coefficient (Wildman–Crippen LogP) is 1.77. The van der Waals surface area contributed by atoms with Crippen LogP contribution >= 0.6 is 0 Å². The lowest BCUT2D eigenvalue weighted by molar-refractivity contribution is -0.122. The lowest BCUT2D eigenvalue weighted by atomic mass is 10.2. The van der Waals surface area contributed by atoms with Crippen molar-refractivity contribution in [1.29, 1.82) is 0 Å². The molecule has 27 heavy (non-hydrogen) atoms. The number of amides is 1. The highest BCUT2D eigenvalue weighted by molar-refractivity contribution is 5.78. The van der Waals surface area contributed by atoms with E-state index in [1.165, 1.54) is 6.07 Å². The van der Waals surface area contributed by atoms with Gasteiger partial charge in [0.15, 0.2) is 5.82 Å². The molecule has 0 bridgehead atoms. The van der Waals surface area contributed by atoms with Gasteiger partial charge in [0.2, 0.25) is 11.8 Å². The number of hydrogen-bond donors (Lipinski definition) is 1. The molecule has 1 aliphatic heterocycles. The summed E-state index contributed by atoms with van der Waals surface area (Å²) < 4.78 is 18.9. The molecule has 0 atom stereocenters. The summed E-state index contributed by atoms with van der Waals surface area (Å²) in [6.45, 7) is 8.47. The van der Waals surface area contributed by atoms with Crippen LogP contribution in [0.15, 0.2) is 28.8 Å². The summed E-state index contributed by atoms with van der Waals surface area (Å²) >= 11 is 0. The standard InChI is InChI=1S/C19H26FN5O2/c1-14(2)19-22-18(27-23-19)13-25-9-7-24(8-10-25)12-17(26)21-11-15-5-3-4-6-16(15)20/h3-6,14H,7-13H2,1-2H3,(H,21,26). The highest BCUT2D eigenvalue weighted by Crippen LogP contribution is 2.12. The molecule has 0 spiro atoms.